The average Bonchev–Trinajstić information content (AvgIpc) is 3.49. The summed E-state index contributed by atoms with van der Waals surface area (Å²) in [6.45, 7) is 4.79. The SMILES string of the molecule is OCCn1ccc2c(N3CCc4ccccc43)nc(N3CCN(c4ccc(O)cc4)CC3)nc21. The second kappa shape index (κ2) is 8.53. The molecule has 34 heavy (non-hydrogen) atoms. The summed E-state index contributed by atoms with van der Waals surface area (Å²) in [7, 11) is 0. The Morgan fingerprint density at radius 1 is 0.824 bits per heavy atom. The minimum Gasteiger partial charge on any atom is -0.508 e. The summed E-state index contributed by atoms with van der Waals surface area (Å²) in [6.07, 6.45) is 2.99. The van der Waals surface area contributed by atoms with Gasteiger partial charge >= 0.3 is 0 Å². The number of benzene rings is 2. The summed E-state index contributed by atoms with van der Waals surface area (Å²) in [5.41, 5.74) is 4.52. The minimum absolute atomic E-state index is 0.0658. The van der Waals surface area contributed by atoms with Gasteiger partial charge in [-0.15, -0.1) is 0 Å². The number of aromatic hydroxyl groups is 1. The van der Waals surface area contributed by atoms with E-state index in [-0.39, 0.29) is 12.4 Å². The Balaban J connectivity index is 1.34. The number of aromatic nitrogens is 3. The van der Waals surface area contributed by atoms with E-state index >= 15 is 0 Å². The van der Waals surface area contributed by atoms with Crippen molar-refractivity contribution in [3.8, 4) is 5.75 Å². The van der Waals surface area contributed by atoms with Crippen LogP contribution in [0.25, 0.3) is 11.0 Å². The molecule has 2 aliphatic rings. The summed E-state index contributed by atoms with van der Waals surface area (Å²) >= 11 is 0. The van der Waals surface area contributed by atoms with Crippen LogP contribution in [0.1, 0.15) is 5.56 Å². The average molecular weight is 457 g/mol. The highest BCUT2D eigenvalue weighted by molar-refractivity contribution is 5.92. The van der Waals surface area contributed by atoms with Gasteiger partial charge in [-0.1, -0.05) is 18.2 Å². The fourth-order valence-corrected chi connectivity index (χ4v) is 5.06. The van der Waals surface area contributed by atoms with Gasteiger partial charge in [0.2, 0.25) is 5.95 Å². The van der Waals surface area contributed by atoms with Gasteiger partial charge in [0.1, 0.15) is 17.2 Å². The molecule has 1 saturated heterocycles. The van der Waals surface area contributed by atoms with Crippen LogP contribution in [0.5, 0.6) is 5.75 Å². The Morgan fingerprint density at radius 3 is 2.38 bits per heavy atom. The number of hydrogen-bond donors (Lipinski definition) is 2. The van der Waals surface area contributed by atoms with Crippen molar-refractivity contribution in [1.82, 2.24) is 14.5 Å². The van der Waals surface area contributed by atoms with Crippen LogP contribution in [-0.4, -0.2) is 64.1 Å². The van der Waals surface area contributed by atoms with Crippen molar-refractivity contribution < 1.29 is 10.2 Å². The number of aliphatic hydroxyl groups is 1. The first-order valence-corrected chi connectivity index (χ1v) is 11.8. The van der Waals surface area contributed by atoms with Crippen LogP contribution >= 0.6 is 0 Å². The first kappa shape index (κ1) is 20.8. The number of aliphatic hydroxyl groups excluding tert-OH is 1. The molecule has 0 radical (unpaired) electrons. The molecule has 2 aromatic carbocycles. The predicted octanol–water partition coefficient (Wildman–Crippen LogP) is 3.15. The molecule has 6 rings (SSSR count). The third kappa shape index (κ3) is 3.60. The Hall–Kier alpha value is -3.78. The van der Waals surface area contributed by atoms with Crippen LogP contribution in [0.3, 0.4) is 0 Å². The molecule has 2 N–H and O–H groups in total. The number of piperazine rings is 1. The molecule has 4 aromatic rings. The summed E-state index contributed by atoms with van der Waals surface area (Å²) in [5.74, 6) is 1.95. The van der Waals surface area contributed by atoms with Crippen LogP contribution in [0.15, 0.2) is 60.8 Å². The highest BCUT2D eigenvalue weighted by Crippen LogP contribution is 2.38. The molecule has 0 saturated carbocycles. The standard InChI is InChI=1S/C26H28N6O2/c33-18-17-30-11-10-22-24(30)27-26(28-25(22)32-12-9-19-3-1-2-4-23(19)32)31-15-13-29(14-16-31)20-5-7-21(34)8-6-20/h1-8,10-11,33-34H,9,12-18H2. The van der Waals surface area contributed by atoms with Crippen LogP contribution in [-0.2, 0) is 13.0 Å². The molecular weight excluding hydrogens is 428 g/mol. The van der Waals surface area contributed by atoms with Crippen LogP contribution in [0.2, 0.25) is 0 Å². The summed E-state index contributed by atoms with van der Waals surface area (Å²) in [4.78, 5) is 16.9. The predicted molar refractivity (Wildman–Crippen MR) is 134 cm³/mol. The number of fused-ring (bicyclic) bond motifs is 2. The van der Waals surface area contributed by atoms with Gasteiger partial charge in [-0.25, -0.2) is 0 Å². The van der Waals surface area contributed by atoms with Crippen molar-refractivity contribution in [3.63, 3.8) is 0 Å². The van der Waals surface area contributed by atoms with Gasteiger partial charge in [-0.3, -0.25) is 0 Å². The van der Waals surface area contributed by atoms with Crippen LogP contribution in [0.4, 0.5) is 23.1 Å². The number of anilines is 4. The fourth-order valence-electron chi connectivity index (χ4n) is 5.06. The molecule has 0 aliphatic carbocycles. The Kier molecular flexibility index (Phi) is 5.22. The molecule has 1 fully saturated rings. The van der Waals surface area contributed by atoms with Crippen molar-refractivity contribution >= 4 is 34.2 Å². The fraction of sp³-hybridized carbons (Fsp3) is 0.308. The minimum atomic E-state index is 0.0658. The second-order valence-electron chi connectivity index (χ2n) is 8.84. The Morgan fingerprint density at radius 2 is 1.59 bits per heavy atom. The maximum absolute atomic E-state index is 9.59. The van der Waals surface area contributed by atoms with Crippen molar-refractivity contribution in [1.29, 1.82) is 0 Å². The molecule has 0 unspecified atom stereocenters. The molecular formula is C26H28N6O2. The zero-order valence-electron chi connectivity index (χ0n) is 19.0. The van der Waals surface area contributed by atoms with Gasteiger partial charge in [-0.2, -0.15) is 9.97 Å². The first-order valence-electron chi connectivity index (χ1n) is 11.8. The second-order valence-corrected chi connectivity index (χ2v) is 8.84. The van der Waals surface area contributed by atoms with E-state index in [9.17, 15) is 10.2 Å². The van der Waals surface area contributed by atoms with Gasteiger partial charge < -0.3 is 29.5 Å². The largest absolute Gasteiger partial charge is 0.508 e. The van der Waals surface area contributed by atoms with E-state index in [1.807, 2.05) is 22.9 Å². The van der Waals surface area contributed by atoms with E-state index in [1.54, 1.807) is 12.1 Å². The van der Waals surface area contributed by atoms with Crippen molar-refractivity contribution in [2.24, 2.45) is 0 Å². The van der Waals surface area contributed by atoms with Crippen molar-refractivity contribution in [2.75, 3.05) is 54.0 Å². The maximum atomic E-state index is 9.59. The first-order chi connectivity index (χ1) is 16.7. The normalized spacial score (nSPS) is 15.9. The number of phenolic OH excluding ortho intramolecular Hbond substituents is 1. The summed E-state index contributed by atoms with van der Waals surface area (Å²) in [5, 5.41) is 20.2. The van der Waals surface area contributed by atoms with E-state index in [1.165, 1.54) is 11.3 Å². The molecule has 2 aliphatic heterocycles. The lowest BCUT2D eigenvalue weighted by atomic mass is 10.2. The smallest absolute Gasteiger partial charge is 0.229 e. The molecule has 0 spiro atoms. The van der Waals surface area contributed by atoms with Gasteiger partial charge in [0.25, 0.3) is 0 Å². The lowest BCUT2D eigenvalue weighted by Crippen LogP contribution is -2.47. The van der Waals surface area contributed by atoms with Crippen LogP contribution in [0, 0.1) is 0 Å². The van der Waals surface area contributed by atoms with Gasteiger partial charge in [0.15, 0.2) is 0 Å². The highest BCUT2D eigenvalue weighted by Gasteiger charge is 2.27. The molecule has 4 heterocycles. The molecule has 0 atom stereocenters. The molecule has 0 amide bonds. The molecule has 8 nitrogen and oxygen atoms in total. The Bertz CT molecular complexity index is 1310. The lowest BCUT2D eigenvalue weighted by molar-refractivity contribution is 0.278. The van der Waals surface area contributed by atoms with Crippen molar-refractivity contribution in [3.05, 3.63) is 66.4 Å². The molecule has 174 valence electrons. The summed E-state index contributed by atoms with van der Waals surface area (Å²) in [6, 6.07) is 18.0. The van der Waals surface area contributed by atoms with Crippen LogP contribution < -0.4 is 14.7 Å². The number of phenols is 1. The van der Waals surface area contributed by atoms with E-state index in [0.29, 0.717) is 6.54 Å². The monoisotopic (exact) mass is 456 g/mol. The maximum Gasteiger partial charge on any atom is 0.229 e. The molecule has 8 heteroatoms. The number of hydrogen-bond acceptors (Lipinski definition) is 7. The van der Waals surface area contributed by atoms with Gasteiger partial charge in [0.05, 0.1) is 12.0 Å². The van der Waals surface area contributed by atoms with E-state index < -0.39 is 0 Å². The van der Waals surface area contributed by atoms with E-state index in [2.05, 4.69) is 45.0 Å². The lowest BCUT2D eigenvalue weighted by Gasteiger charge is -2.36. The number of nitrogens with zero attached hydrogens (tertiary/aromatic N) is 6. The summed E-state index contributed by atoms with van der Waals surface area (Å²) < 4.78 is 2.01. The molecule has 0 bridgehead atoms. The Labute approximate surface area is 198 Å². The third-order valence-electron chi connectivity index (χ3n) is 6.85. The zero-order chi connectivity index (χ0) is 23.1. The number of rotatable bonds is 5. The van der Waals surface area contributed by atoms with Gasteiger partial charge in [-0.05, 0) is 48.4 Å². The number of para-hydroxylation sites is 1. The third-order valence-corrected chi connectivity index (χ3v) is 6.85. The van der Waals surface area contributed by atoms with Crippen molar-refractivity contribution in [2.45, 2.75) is 13.0 Å². The van der Waals surface area contributed by atoms with E-state index in [0.717, 1.165) is 67.6 Å². The van der Waals surface area contributed by atoms with Gasteiger partial charge in [0, 0.05) is 56.8 Å². The zero-order valence-corrected chi connectivity index (χ0v) is 19.0. The highest BCUT2D eigenvalue weighted by atomic mass is 16.3. The molecule has 2 aromatic heterocycles. The topological polar surface area (TPSA) is 80.9 Å². The van der Waals surface area contributed by atoms with E-state index in [4.69, 9.17) is 9.97 Å². The quantitative estimate of drug-likeness (QED) is 0.478.